The lowest BCUT2D eigenvalue weighted by atomic mass is 9.81. The molecule has 3 N–H and O–H groups in total. The number of nitrogens with two attached hydrogens (primary N) is 1. The Morgan fingerprint density at radius 2 is 1.88 bits per heavy atom. The first-order valence-corrected chi connectivity index (χ1v) is 5.44. The summed E-state index contributed by atoms with van der Waals surface area (Å²) >= 11 is 0. The molecule has 0 fully saturated rings. The van der Waals surface area contributed by atoms with E-state index < -0.39 is 6.03 Å². The summed E-state index contributed by atoms with van der Waals surface area (Å²) in [5, 5.41) is 2.45. The van der Waals surface area contributed by atoms with Crippen LogP contribution < -0.4 is 11.1 Å². The summed E-state index contributed by atoms with van der Waals surface area (Å²) in [5.74, 6) is 0.0323. The molecule has 1 unspecified atom stereocenters. The van der Waals surface area contributed by atoms with Crippen molar-refractivity contribution in [3.63, 3.8) is 0 Å². The van der Waals surface area contributed by atoms with Gasteiger partial charge in [-0.15, -0.1) is 0 Å². The van der Waals surface area contributed by atoms with Crippen LogP contribution in [0.5, 0.6) is 0 Å². The molecule has 3 amide bonds. The van der Waals surface area contributed by atoms with Crippen LogP contribution in [-0.4, -0.2) is 37.0 Å². The first-order valence-electron chi connectivity index (χ1n) is 5.44. The number of carbonyl (C=O) groups is 2. The number of carbonyl (C=O) groups excluding carboxylic acids is 2. The van der Waals surface area contributed by atoms with Gasteiger partial charge in [-0.1, -0.05) is 27.7 Å². The highest BCUT2D eigenvalue weighted by molar-refractivity contribution is 5.79. The van der Waals surface area contributed by atoms with Crippen LogP contribution >= 0.6 is 0 Å². The van der Waals surface area contributed by atoms with E-state index >= 15 is 0 Å². The van der Waals surface area contributed by atoms with Crippen LogP contribution in [0.1, 0.15) is 27.7 Å². The first-order chi connectivity index (χ1) is 7.16. The fourth-order valence-corrected chi connectivity index (χ4v) is 1.16. The molecule has 1 atom stereocenters. The lowest BCUT2D eigenvalue weighted by Gasteiger charge is -2.30. The summed E-state index contributed by atoms with van der Waals surface area (Å²) < 4.78 is 0. The van der Waals surface area contributed by atoms with Crippen molar-refractivity contribution in [2.45, 2.75) is 27.7 Å². The molecule has 0 aromatic rings. The first kappa shape index (κ1) is 14.7. The molecule has 0 heterocycles. The van der Waals surface area contributed by atoms with Crippen molar-refractivity contribution < 1.29 is 9.59 Å². The van der Waals surface area contributed by atoms with Gasteiger partial charge in [0.15, 0.2) is 0 Å². The second-order valence-corrected chi connectivity index (χ2v) is 5.14. The zero-order valence-electron chi connectivity index (χ0n) is 10.8. The van der Waals surface area contributed by atoms with E-state index in [1.807, 2.05) is 27.7 Å². The van der Waals surface area contributed by atoms with Crippen molar-refractivity contribution in [2.24, 2.45) is 17.1 Å². The molecule has 5 nitrogen and oxygen atoms in total. The van der Waals surface area contributed by atoms with E-state index in [0.717, 1.165) is 0 Å². The highest BCUT2D eigenvalue weighted by Gasteiger charge is 2.28. The number of likely N-dealkylation sites (N-methyl/N-ethyl adjacent to an activating group) is 1. The largest absolute Gasteiger partial charge is 0.352 e. The Morgan fingerprint density at radius 3 is 2.25 bits per heavy atom. The monoisotopic (exact) mass is 229 g/mol. The van der Waals surface area contributed by atoms with E-state index in [1.54, 1.807) is 11.9 Å². The molecule has 94 valence electrons. The fourth-order valence-electron chi connectivity index (χ4n) is 1.16. The van der Waals surface area contributed by atoms with Gasteiger partial charge in [0.2, 0.25) is 5.91 Å². The minimum Gasteiger partial charge on any atom is -0.352 e. The third kappa shape index (κ3) is 5.00. The van der Waals surface area contributed by atoms with Gasteiger partial charge in [-0.05, 0) is 5.41 Å². The van der Waals surface area contributed by atoms with Crippen molar-refractivity contribution >= 4 is 11.9 Å². The SMILES string of the molecule is CC(C(=O)N(C)CCNC(N)=O)C(C)(C)C. The van der Waals surface area contributed by atoms with E-state index in [2.05, 4.69) is 5.32 Å². The van der Waals surface area contributed by atoms with Crippen molar-refractivity contribution in [1.82, 2.24) is 10.2 Å². The summed E-state index contributed by atoms with van der Waals surface area (Å²) in [6.45, 7) is 8.87. The lowest BCUT2D eigenvalue weighted by Crippen LogP contribution is -2.42. The predicted octanol–water partition coefficient (Wildman–Crippen LogP) is 0.795. The minimum absolute atomic E-state index is 0.0499. The second kappa shape index (κ2) is 5.72. The molecule has 0 aliphatic carbocycles. The Labute approximate surface area is 97.4 Å². The van der Waals surface area contributed by atoms with E-state index in [9.17, 15) is 9.59 Å². The van der Waals surface area contributed by atoms with Crippen LogP contribution in [0.2, 0.25) is 0 Å². The van der Waals surface area contributed by atoms with Gasteiger partial charge in [0.05, 0.1) is 0 Å². The number of nitrogens with one attached hydrogen (secondary N) is 1. The molecular weight excluding hydrogens is 206 g/mol. The number of amides is 3. The van der Waals surface area contributed by atoms with Crippen molar-refractivity contribution in [2.75, 3.05) is 20.1 Å². The third-order valence-corrected chi connectivity index (χ3v) is 2.79. The van der Waals surface area contributed by atoms with E-state index in [4.69, 9.17) is 5.73 Å². The Kier molecular flexibility index (Phi) is 5.27. The average Bonchev–Trinajstić information content (AvgIpc) is 2.13. The topological polar surface area (TPSA) is 75.4 Å². The van der Waals surface area contributed by atoms with Gasteiger partial charge in [0, 0.05) is 26.1 Å². The van der Waals surface area contributed by atoms with E-state index in [1.165, 1.54) is 0 Å². The summed E-state index contributed by atoms with van der Waals surface area (Å²) in [7, 11) is 1.73. The number of rotatable bonds is 4. The summed E-state index contributed by atoms with van der Waals surface area (Å²) in [5.41, 5.74) is 4.88. The third-order valence-electron chi connectivity index (χ3n) is 2.79. The van der Waals surface area contributed by atoms with Gasteiger partial charge in [0.1, 0.15) is 0 Å². The van der Waals surface area contributed by atoms with Crippen LogP contribution in [0.4, 0.5) is 4.79 Å². The van der Waals surface area contributed by atoms with Crippen LogP contribution in [0.25, 0.3) is 0 Å². The second-order valence-electron chi connectivity index (χ2n) is 5.14. The van der Waals surface area contributed by atoms with Crippen LogP contribution in [0.15, 0.2) is 0 Å². The van der Waals surface area contributed by atoms with Crippen LogP contribution in [0, 0.1) is 11.3 Å². The van der Waals surface area contributed by atoms with Gasteiger partial charge in [-0.3, -0.25) is 4.79 Å². The molecule has 0 bridgehead atoms. The molecule has 0 spiro atoms. The molecule has 0 saturated carbocycles. The van der Waals surface area contributed by atoms with Crippen LogP contribution in [-0.2, 0) is 4.79 Å². The van der Waals surface area contributed by atoms with Gasteiger partial charge in [0.25, 0.3) is 0 Å². The van der Waals surface area contributed by atoms with E-state index in [0.29, 0.717) is 13.1 Å². The van der Waals surface area contributed by atoms with Crippen LogP contribution in [0.3, 0.4) is 0 Å². The summed E-state index contributed by atoms with van der Waals surface area (Å²) in [6.07, 6.45) is 0. The Bertz CT molecular complexity index is 258. The molecule has 0 aliphatic heterocycles. The van der Waals surface area contributed by atoms with Gasteiger partial charge in [-0.25, -0.2) is 4.79 Å². The van der Waals surface area contributed by atoms with Gasteiger partial charge >= 0.3 is 6.03 Å². The molecule has 5 heteroatoms. The van der Waals surface area contributed by atoms with Gasteiger partial charge in [-0.2, -0.15) is 0 Å². The molecule has 0 aliphatic rings. The predicted molar refractivity (Wildman–Crippen MR) is 63.8 cm³/mol. The molecule has 0 saturated heterocycles. The Balaban J connectivity index is 4.14. The highest BCUT2D eigenvalue weighted by atomic mass is 16.2. The normalized spacial score (nSPS) is 13.1. The minimum atomic E-state index is -0.565. The highest BCUT2D eigenvalue weighted by Crippen LogP contribution is 2.26. The maximum Gasteiger partial charge on any atom is 0.312 e. The lowest BCUT2D eigenvalue weighted by molar-refractivity contribution is -0.136. The Morgan fingerprint density at radius 1 is 1.38 bits per heavy atom. The molecular formula is C11H23N3O2. The number of urea groups is 1. The Hall–Kier alpha value is -1.26. The van der Waals surface area contributed by atoms with Gasteiger partial charge < -0.3 is 16.0 Å². The van der Waals surface area contributed by atoms with Crippen molar-refractivity contribution in [3.8, 4) is 0 Å². The molecule has 0 aromatic carbocycles. The fraction of sp³-hybridized carbons (Fsp3) is 0.818. The maximum absolute atomic E-state index is 11.9. The molecule has 0 radical (unpaired) electrons. The quantitative estimate of drug-likeness (QED) is 0.748. The molecule has 0 rings (SSSR count). The molecule has 0 aromatic heterocycles. The standard InChI is InChI=1S/C11H23N3O2/c1-8(11(2,3)4)9(15)14(5)7-6-13-10(12)16/h8H,6-7H2,1-5H3,(H3,12,13,16). The number of primary amides is 1. The smallest absolute Gasteiger partial charge is 0.312 e. The summed E-state index contributed by atoms with van der Waals surface area (Å²) in [4.78, 5) is 24.0. The maximum atomic E-state index is 11.9. The number of hydrogen-bond acceptors (Lipinski definition) is 2. The summed E-state index contributed by atoms with van der Waals surface area (Å²) in [6, 6.07) is -0.565. The average molecular weight is 229 g/mol. The molecule has 16 heavy (non-hydrogen) atoms. The van der Waals surface area contributed by atoms with E-state index in [-0.39, 0.29) is 17.2 Å². The number of hydrogen-bond donors (Lipinski definition) is 2. The van der Waals surface area contributed by atoms with Crippen molar-refractivity contribution in [3.05, 3.63) is 0 Å². The van der Waals surface area contributed by atoms with Crippen molar-refractivity contribution in [1.29, 1.82) is 0 Å². The number of nitrogens with zero attached hydrogens (tertiary/aromatic N) is 1. The zero-order valence-corrected chi connectivity index (χ0v) is 10.8. The zero-order chi connectivity index (χ0) is 12.9.